The van der Waals surface area contributed by atoms with E-state index in [1.165, 1.54) is 20.6 Å². The Morgan fingerprint density at radius 3 is 1.97 bits per heavy atom. The van der Waals surface area contributed by atoms with Crippen molar-refractivity contribution < 1.29 is 0 Å². The number of aromatic nitrogens is 2. The fraction of sp³-hybridized carbons (Fsp3) is 0.308. The lowest BCUT2D eigenvalue weighted by Crippen LogP contribution is -2.40. The monoisotopic (exact) mass is 430 g/mol. The van der Waals surface area contributed by atoms with Crippen LogP contribution in [0.1, 0.15) is 34.4 Å². The van der Waals surface area contributed by atoms with E-state index in [1.807, 2.05) is 53.1 Å². The molecule has 5 heteroatoms. The first-order chi connectivity index (χ1) is 15.2. The number of nitrogens with zero attached hydrogens (tertiary/aromatic N) is 2. The number of aryl methyl sites for hydroxylation is 5. The van der Waals surface area contributed by atoms with Crippen molar-refractivity contribution in [1.29, 1.82) is 0 Å². The first kappa shape index (κ1) is 20.0. The van der Waals surface area contributed by atoms with Crippen molar-refractivity contribution in [3.05, 3.63) is 103 Å². The van der Waals surface area contributed by atoms with Gasteiger partial charge in [-0.2, -0.15) is 0 Å². The second-order valence-corrected chi connectivity index (χ2v) is 9.34. The highest BCUT2D eigenvalue weighted by Gasteiger charge is 2.23. The van der Waals surface area contributed by atoms with Crippen molar-refractivity contribution in [3.8, 4) is 0 Å². The quantitative estimate of drug-likeness (QED) is 0.449. The first-order valence-corrected chi connectivity index (χ1v) is 11.9. The molecular weight excluding hydrogens is 404 g/mol. The largest absolute Gasteiger partial charge is 0.332 e. The predicted molar refractivity (Wildman–Crippen MR) is 127 cm³/mol. The Kier molecular flexibility index (Phi) is 5.60. The summed E-state index contributed by atoms with van der Waals surface area (Å²) in [5, 5.41) is 0.792. The van der Waals surface area contributed by atoms with Gasteiger partial charge >= 0.3 is 5.69 Å². The van der Waals surface area contributed by atoms with Gasteiger partial charge in [-0.15, -0.1) is 11.3 Å². The highest BCUT2D eigenvalue weighted by Crippen LogP contribution is 2.34. The third-order valence-corrected chi connectivity index (χ3v) is 7.57. The Balaban J connectivity index is 1.60. The van der Waals surface area contributed by atoms with Gasteiger partial charge in [-0.1, -0.05) is 60.7 Å². The molecule has 0 radical (unpaired) electrons. The molecule has 1 aliphatic carbocycles. The van der Waals surface area contributed by atoms with Crippen LogP contribution in [0.3, 0.4) is 0 Å². The fourth-order valence-electron chi connectivity index (χ4n) is 4.58. The molecule has 0 saturated heterocycles. The number of hydrogen-bond donors (Lipinski definition) is 0. The minimum absolute atomic E-state index is 0.105. The SMILES string of the molecule is O=c1c2c3c(sc2n(CCc2ccccc2)c(=O)n1CCc1ccccc1)CCCC3. The predicted octanol–water partition coefficient (Wildman–Crippen LogP) is 4.59. The Morgan fingerprint density at radius 2 is 1.32 bits per heavy atom. The molecular formula is C26H26N2O2S. The summed E-state index contributed by atoms with van der Waals surface area (Å²) in [4.78, 5) is 29.1. The zero-order valence-corrected chi connectivity index (χ0v) is 18.4. The van der Waals surface area contributed by atoms with E-state index in [0.29, 0.717) is 19.5 Å². The molecule has 0 amide bonds. The molecule has 2 heterocycles. The lowest BCUT2D eigenvalue weighted by atomic mass is 9.97. The van der Waals surface area contributed by atoms with Gasteiger partial charge in [0.05, 0.1) is 5.39 Å². The molecule has 4 aromatic rings. The van der Waals surface area contributed by atoms with Crippen molar-refractivity contribution in [1.82, 2.24) is 9.13 Å². The number of thiophene rings is 1. The topological polar surface area (TPSA) is 44.0 Å². The van der Waals surface area contributed by atoms with Gasteiger partial charge in [-0.3, -0.25) is 13.9 Å². The van der Waals surface area contributed by atoms with Crippen molar-refractivity contribution in [2.75, 3.05) is 0 Å². The van der Waals surface area contributed by atoms with Crippen molar-refractivity contribution in [2.45, 2.75) is 51.6 Å². The van der Waals surface area contributed by atoms with Crippen LogP contribution < -0.4 is 11.2 Å². The van der Waals surface area contributed by atoms with Crippen LogP contribution in [0.2, 0.25) is 0 Å². The summed E-state index contributed by atoms with van der Waals surface area (Å²) in [6.45, 7) is 0.998. The Bertz CT molecular complexity index is 1320. The first-order valence-electron chi connectivity index (χ1n) is 11.1. The van der Waals surface area contributed by atoms with E-state index in [1.54, 1.807) is 11.3 Å². The van der Waals surface area contributed by atoms with Crippen LogP contribution >= 0.6 is 11.3 Å². The molecule has 0 atom stereocenters. The van der Waals surface area contributed by atoms with E-state index < -0.39 is 0 Å². The summed E-state index contributed by atoms with van der Waals surface area (Å²) in [5.41, 5.74) is 3.25. The molecule has 2 aromatic carbocycles. The molecule has 158 valence electrons. The highest BCUT2D eigenvalue weighted by atomic mass is 32.1. The van der Waals surface area contributed by atoms with Crippen LogP contribution in [-0.4, -0.2) is 9.13 Å². The molecule has 0 spiro atoms. The van der Waals surface area contributed by atoms with E-state index in [4.69, 9.17) is 0 Å². The molecule has 0 bridgehead atoms. The maximum atomic E-state index is 13.5. The van der Waals surface area contributed by atoms with E-state index in [2.05, 4.69) is 12.1 Å². The maximum Gasteiger partial charge on any atom is 0.332 e. The van der Waals surface area contributed by atoms with Crippen LogP contribution in [0.4, 0.5) is 0 Å². The van der Waals surface area contributed by atoms with Gasteiger partial charge in [0.1, 0.15) is 4.83 Å². The van der Waals surface area contributed by atoms with Crippen LogP contribution in [0.5, 0.6) is 0 Å². The zero-order valence-electron chi connectivity index (χ0n) is 17.5. The van der Waals surface area contributed by atoms with Gasteiger partial charge in [0.25, 0.3) is 5.56 Å². The Hall–Kier alpha value is -2.92. The van der Waals surface area contributed by atoms with Gasteiger partial charge in [-0.25, -0.2) is 4.79 Å². The van der Waals surface area contributed by atoms with Crippen LogP contribution in [0.25, 0.3) is 10.2 Å². The normalized spacial score (nSPS) is 13.4. The lowest BCUT2D eigenvalue weighted by molar-refractivity contribution is 0.570. The molecule has 0 fully saturated rings. The van der Waals surface area contributed by atoms with Gasteiger partial charge in [0, 0.05) is 18.0 Å². The summed E-state index contributed by atoms with van der Waals surface area (Å²) in [6, 6.07) is 20.3. The van der Waals surface area contributed by atoms with E-state index in [-0.39, 0.29) is 11.2 Å². The summed E-state index contributed by atoms with van der Waals surface area (Å²) in [5.74, 6) is 0. The molecule has 2 aromatic heterocycles. The van der Waals surface area contributed by atoms with Gasteiger partial charge < -0.3 is 0 Å². The molecule has 0 aliphatic heterocycles. The molecule has 1 aliphatic rings. The number of fused-ring (bicyclic) bond motifs is 3. The summed E-state index contributed by atoms with van der Waals surface area (Å²) >= 11 is 1.66. The van der Waals surface area contributed by atoms with Crippen LogP contribution in [0, 0.1) is 0 Å². The fourth-order valence-corrected chi connectivity index (χ4v) is 5.98. The second kappa shape index (κ2) is 8.67. The van der Waals surface area contributed by atoms with E-state index in [9.17, 15) is 9.59 Å². The molecule has 0 saturated carbocycles. The molecule has 0 unspecified atom stereocenters. The summed E-state index contributed by atoms with van der Waals surface area (Å²) in [6.07, 6.45) is 5.69. The van der Waals surface area contributed by atoms with Gasteiger partial charge in [-0.05, 0) is 55.2 Å². The van der Waals surface area contributed by atoms with Crippen molar-refractivity contribution in [3.63, 3.8) is 0 Å². The van der Waals surface area contributed by atoms with Crippen molar-refractivity contribution >= 4 is 21.6 Å². The maximum absolute atomic E-state index is 13.5. The number of rotatable bonds is 6. The Morgan fingerprint density at radius 1 is 0.742 bits per heavy atom. The lowest BCUT2D eigenvalue weighted by Gasteiger charge is -2.13. The summed E-state index contributed by atoms with van der Waals surface area (Å²) < 4.78 is 3.33. The third-order valence-electron chi connectivity index (χ3n) is 6.25. The van der Waals surface area contributed by atoms with E-state index >= 15 is 0 Å². The molecule has 31 heavy (non-hydrogen) atoms. The standard InChI is InChI=1S/C26H26N2O2S/c29-24-23-21-13-7-8-14-22(21)31-25(23)28(18-16-20-11-5-2-6-12-20)26(30)27(24)17-15-19-9-3-1-4-10-19/h1-6,9-12H,7-8,13-18H2. The molecule has 0 N–H and O–H groups in total. The van der Waals surface area contributed by atoms with E-state index in [0.717, 1.165) is 47.9 Å². The minimum atomic E-state index is -0.178. The van der Waals surface area contributed by atoms with Crippen LogP contribution in [0.15, 0.2) is 70.3 Å². The smallest absolute Gasteiger partial charge is 0.284 e. The molecule has 5 rings (SSSR count). The van der Waals surface area contributed by atoms with Crippen LogP contribution in [-0.2, 0) is 38.8 Å². The number of benzene rings is 2. The zero-order chi connectivity index (χ0) is 21.2. The van der Waals surface area contributed by atoms with Crippen molar-refractivity contribution in [2.24, 2.45) is 0 Å². The van der Waals surface area contributed by atoms with Gasteiger partial charge in [0.2, 0.25) is 0 Å². The average Bonchev–Trinajstić information content (AvgIpc) is 3.20. The average molecular weight is 431 g/mol. The number of hydrogen-bond acceptors (Lipinski definition) is 3. The second-order valence-electron chi connectivity index (χ2n) is 8.25. The highest BCUT2D eigenvalue weighted by molar-refractivity contribution is 7.18. The summed E-state index contributed by atoms with van der Waals surface area (Å²) in [7, 11) is 0. The Labute approximate surface area is 185 Å². The third kappa shape index (κ3) is 3.90. The molecule has 4 nitrogen and oxygen atoms in total. The van der Waals surface area contributed by atoms with Gasteiger partial charge in [0.15, 0.2) is 0 Å². The minimum Gasteiger partial charge on any atom is -0.284 e.